The fourth-order valence-electron chi connectivity index (χ4n) is 1.55. The minimum atomic E-state index is -0.369. The van der Waals surface area contributed by atoms with Crippen molar-refractivity contribution in [1.82, 2.24) is 0 Å². The van der Waals surface area contributed by atoms with Gasteiger partial charge in [-0.15, -0.1) is 23.1 Å². The molecule has 2 nitrogen and oxygen atoms in total. The normalized spacial score (nSPS) is 15.4. The molecule has 0 saturated heterocycles. The molecule has 5 heteroatoms. The largest absolute Gasteiger partial charge is 0.465 e. The van der Waals surface area contributed by atoms with Gasteiger partial charge in [0, 0.05) is 4.88 Å². The van der Waals surface area contributed by atoms with Crippen molar-refractivity contribution < 1.29 is 13.9 Å². The summed E-state index contributed by atoms with van der Waals surface area (Å²) in [7, 11) is 1.36. The van der Waals surface area contributed by atoms with Gasteiger partial charge in [-0.05, 0) is 46.4 Å². The molecule has 0 radical (unpaired) electrons. The van der Waals surface area contributed by atoms with E-state index in [1.165, 1.54) is 42.4 Å². The molecular weight excluding hydrogens is 295 g/mol. The van der Waals surface area contributed by atoms with Gasteiger partial charge in [0.2, 0.25) is 0 Å². The van der Waals surface area contributed by atoms with Crippen LogP contribution in [0.1, 0.15) is 11.3 Å². The van der Waals surface area contributed by atoms with Crippen molar-refractivity contribution in [1.29, 1.82) is 0 Å². The highest BCUT2D eigenvalue weighted by molar-refractivity contribution is 8.06. The molecule has 0 aromatic carbocycles. The van der Waals surface area contributed by atoms with E-state index in [1.807, 2.05) is 17.5 Å². The van der Waals surface area contributed by atoms with E-state index in [-0.39, 0.29) is 11.8 Å². The third kappa shape index (κ3) is 3.95. The predicted molar refractivity (Wildman–Crippen MR) is 82.9 cm³/mol. The minimum Gasteiger partial charge on any atom is -0.465 e. The van der Waals surface area contributed by atoms with Crippen molar-refractivity contribution in [2.24, 2.45) is 0 Å². The minimum absolute atomic E-state index is 0.268. The Bertz CT molecular complexity index is 595. The number of thioether (sulfide) groups is 1. The molecule has 0 fully saturated rings. The number of halogens is 1. The van der Waals surface area contributed by atoms with Gasteiger partial charge in [0.05, 0.1) is 12.7 Å². The lowest BCUT2D eigenvalue weighted by molar-refractivity contribution is -0.133. The summed E-state index contributed by atoms with van der Waals surface area (Å²) in [5, 5.41) is 3.66. The Labute approximate surface area is 125 Å². The van der Waals surface area contributed by atoms with Crippen LogP contribution in [0.3, 0.4) is 0 Å². The molecule has 104 valence electrons. The highest BCUT2D eigenvalue weighted by atomic mass is 32.2. The van der Waals surface area contributed by atoms with Crippen LogP contribution in [0, 0.1) is 0 Å². The van der Waals surface area contributed by atoms with Gasteiger partial charge in [0.15, 0.2) is 0 Å². The molecule has 0 saturated carbocycles. The van der Waals surface area contributed by atoms with Crippen molar-refractivity contribution in [3.8, 4) is 0 Å². The SMILES string of the molecule is COC(=O)C(=CSC1=CC=C(F)C=CC1)c1cccs1. The first-order chi connectivity index (χ1) is 9.70. The fraction of sp³-hybridized carbons (Fsp3) is 0.133. The average molecular weight is 308 g/mol. The van der Waals surface area contributed by atoms with E-state index in [0.29, 0.717) is 12.0 Å². The van der Waals surface area contributed by atoms with E-state index in [9.17, 15) is 9.18 Å². The van der Waals surface area contributed by atoms with Crippen LogP contribution in [0.15, 0.2) is 58.0 Å². The Hall–Kier alpha value is -1.59. The van der Waals surface area contributed by atoms with Crippen molar-refractivity contribution in [3.05, 3.63) is 62.8 Å². The van der Waals surface area contributed by atoms with Gasteiger partial charge in [-0.1, -0.05) is 12.1 Å². The third-order valence-electron chi connectivity index (χ3n) is 2.54. The van der Waals surface area contributed by atoms with Gasteiger partial charge in [0.25, 0.3) is 0 Å². The molecular formula is C15H13FO2S2. The Morgan fingerprint density at radius 2 is 2.35 bits per heavy atom. The summed E-state index contributed by atoms with van der Waals surface area (Å²) in [5.41, 5.74) is 0.520. The zero-order chi connectivity index (χ0) is 14.4. The van der Waals surface area contributed by atoms with E-state index in [0.717, 1.165) is 9.78 Å². The van der Waals surface area contributed by atoms with Crippen LogP contribution < -0.4 is 0 Å². The lowest BCUT2D eigenvalue weighted by Gasteiger charge is -2.04. The standard InChI is InChI=1S/C15H13FO2S2/c1-18-15(17)13(14-6-3-9-19-14)10-20-12-5-2-4-11(16)7-8-12/h2-4,6-10H,5H2,1H3. The molecule has 0 bridgehead atoms. The van der Waals surface area contributed by atoms with Crippen LogP contribution in [0.25, 0.3) is 5.57 Å². The Morgan fingerprint density at radius 3 is 3.05 bits per heavy atom. The molecule has 1 aliphatic carbocycles. The van der Waals surface area contributed by atoms with Crippen LogP contribution in [0.2, 0.25) is 0 Å². The molecule has 1 aliphatic rings. The maximum absolute atomic E-state index is 13.1. The van der Waals surface area contributed by atoms with E-state index < -0.39 is 0 Å². The number of thiophene rings is 1. The molecule has 1 heterocycles. The highest BCUT2D eigenvalue weighted by Gasteiger charge is 2.13. The van der Waals surface area contributed by atoms with Crippen LogP contribution in [-0.4, -0.2) is 13.1 Å². The molecule has 1 aromatic rings. The van der Waals surface area contributed by atoms with Crippen LogP contribution >= 0.6 is 23.1 Å². The molecule has 2 rings (SSSR count). The summed E-state index contributed by atoms with van der Waals surface area (Å²) in [4.78, 5) is 13.6. The smallest absolute Gasteiger partial charge is 0.339 e. The Morgan fingerprint density at radius 1 is 1.50 bits per heavy atom. The first-order valence-corrected chi connectivity index (χ1v) is 7.68. The lowest BCUT2D eigenvalue weighted by atomic mass is 10.2. The van der Waals surface area contributed by atoms with Crippen LogP contribution in [0.4, 0.5) is 4.39 Å². The number of esters is 1. The molecule has 1 aromatic heterocycles. The summed E-state index contributed by atoms with van der Waals surface area (Å²) in [6, 6.07) is 3.75. The molecule has 0 aliphatic heterocycles. The second kappa shape index (κ2) is 7.26. The van der Waals surface area contributed by atoms with E-state index in [1.54, 1.807) is 17.6 Å². The maximum atomic E-state index is 13.1. The van der Waals surface area contributed by atoms with Gasteiger partial charge in [0.1, 0.15) is 5.83 Å². The van der Waals surface area contributed by atoms with E-state index >= 15 is 0 Å². The number of carbonyl (C=O) groups excluding carboxylic acids is 1. The van der Waals surface area contributed by atoms with Gasteiger partial charge in [-0.3, -0.25) is 0 Å². The Kier molecular flexibility index (Phi) is 5.38. The number of rotatable bonds is 4. The molecule has 0 unspecified atom stereocenters. The maximum Gasteiger partial charge on any atom is 0.339 e. The summed E-state index contributed by atoms with van der Waals surface area (Å²) in [6.45, 7) is 0. The summed E-state index contributed by atoms with van der Waals surface area (Å²) < 4.78 is 17.9. The Balaban J connectivity index is 2.18. The number of carbonyl (C=O) groups is 1. The second-order valence-electron chi connectivity index (χ2n) is 3.91. The molecule has 0 atom stereocenters. The van der Waals surface area contributed by atoms with Gasteiger partial charge in [-0.2, -0.15) is 0 Å². The van der Waals surface area contributed by atoms with Gasteiger partial charge in [-0.25, -0.2) is 9.18 Å². The topological polar surface area (TPSA) is 26.3 Å². The van der Waals surface area contributed by atoms with Gasteiger partial charge >= 0.3 is 5.97 Å². The van der Waals surface area contributed by atoms with E-state index in [2.05, 4.69) is 0 Å². The van der Waals surface area contributed by atoms with Crippen LogP contribution in [0.5, 0.6) is 0 Å². The van der Waals surface area contributed by atoms with E-state index in [4.69, 9.17) is 4.74 Å². The van der Waals surface area contributed by atoms with Crippen molar-refractivity contribution in [3.63, 3.8) is 0 Å². The molecule has 20 heavy (non-hydrogen) atoms. The average Bonchev–Trinajstić information content (AvgIpc) is 2.89. The first-order valence-electron chi connectivity index (χ1n) is 5.92. The van der Waals surface area contributed by atoms with Crippen molar-refractivity contribution in [2.75, 3.05) is 7.11 Å². The number of hydrogen-bond acceptors (Lipinski definition) is 4. The summed E-state index contributed by atoms with van der Waals surface area (Å²) in [6.07, 6.45) is 6.98. The molecule has 0 N–H and O–H groups in total. The van der Waals surface area contributed by atoms with Crippen molar-refractivity contribution >= 4 is 34.6 Å². The predicted octanol–water partition coefficient (Wildman–Crippen LogP) is 4.69. The molecule has 0 spiro atoms. The summed E-state index contributed by atoms with van der Waals surface area (Å²) in [5.74, 6) is -0.637. The van der Waals surface area contributed by atoms with Crippen LogP contribution in [-0.2, 0) is 9.53 Å². The zero-order valence-corrected chi connectivity index (χ0v) is 12.5. The first kappa shape index (κ1) is 14.8. The number of methoxy groups -OCH3 is 1. The van der Waals surface area contributed by atoms with Crippen molar-refractivity contribution in [2.45, 2.75) is 6.42 Å². The number of hydrogen-bond donors (Lipinski definition) is 0. The summed E-state index contributed by atoms with van der Waals surface area (Å²) >= 11 is 2.88. The number of allylic oxidation sites excluding steroid dienone is 6. The zero-order valence-electron chi connectivity index (χ0n) is 10.8. The highest BCUT2D eigenvalue weighted by Crippen LogP contribution is 2.30. The second-order valence-corrected chi connectivity index (χ2v) is 5.85. The number of ether oxygens (including phenoxy) is 1. The quantitative estimate of drug-likeness (QED) is 0.596. The monoisotopic (exact) mass is 308 g/mol. The lowest BCUT2D eigenvalue weighted by Crippen LogP contribution is -2.02. The fourth-order valence-corrected chi connectivity index (χ4v) is 3.19. The van der Waals surface area contributed by atoms with Gasteiger partial charge < -0.3 is 4.74 Å². The third-order valence-corrected chi connectivity index (χ3v) is 4.41. The molecule has 0 amide bonds.